The lowest BCUT2D eigenvalue weighted by molar-refractivity contribution is -0.141. The molecule has 2 aliphatic heterocycles. The number of nitrogens with zero attached hydrogens (tertiary/aromatic N) is 1. The summed E-state index contributed by atoms with van der Waals surface area (Å²) in [5.74, 6) is 0.474. The average molecular weight is 411 g/mol. The number of carbonyl (C=O) groups is 2. The highest BCUT2D eigenvalue weighted by molar-refractivity contribution is 6.36. The van der Waals surface area contributed by atoms with Crippen molar-refractivity contribution < 1.29 is 14.7 Å². The standard InChI is InChI=1S/C20H24Cl2N2O3/c21-13-7-15(19(26)16(22)8-13)20(27)23-17-9-14-5-4-12(17)10-24(14)18(25)6-11-2-1-3-11/h7-8,11-12,14,17,26H,1-6,9-10H2,(H,23,27)/t12-,14-,17+/m1/s1. The summed E-state index contributed by atoms with van der Waals surface area (Å²) in [4.78, 5) is 27.3. The van der Waals surface area contributed by atoms with Crippen LogP contribution in [0.4, 0.5) is 0 Å². The maximum atomic E-state index is 12.7. The molecule has 0 spiro atoms. The maximum absolute atomic E-state index is 12.7. The van der Waals surface area contributed by atoms with E-state index in [0.717, 1.165) is 19.3 Å². The molecule has 2 amide bonds. The summed E-state index contributed by atoms with van der Waals surface area (Å²) in [5, 5.41) is 13.5. The third-order valence-corrected chi connectivity index (χ3v) is 6.94. The Morgan fingerprint density at radius 2 is 1.96 bits per heavy atom. The van der Waals surface area contributed by atoms with E-state index in [1.807, 2.05) is 4.90 Å². The predicted molar refractivity (Wildman–Crippen MR) is 104 cm³/mol. The molecule has 5 rings (SSSR count). The molecule has 3 atom stereocenters. The second-order valence-corrected chi connectivity index (χ2v) is 8.98. The van der Waals surface area contributed by atoms with Crippen LogP contribution >= 0.6 is 23.2 Å². The molecule has 0 radical (unpaired) electrons. The predicted octanol–water partition coefficient (Wildman–Crippen LogP) is 4.00. The molecule has 4 aliphatic rings. The minimum Gasteiger partial charge on any atom is -0.506 e. The van der Waals surface area contributed by atoms with Crippen LogP contribution in [0.25, 0.3) is 0 Å². The van der Waals surface area contributed by atoms with Gasteiger partial charge in [-0.05, 0) is 56.1 Å². The molecule has 2 saturated heterocycles. The monoisotopic (exact) mass is 410 g/mol. The van der Waals surface area contributed by atoms with E-state index in [-0.39, 0.29) is 46.2 Å². The number of phenolic OH excluding ortho intramolecular Hbond substituents is 1. The van der Waals surface area contributed by atoms with Gasteiger partial charge in [-0.15, -0.1) is 0 Å². The summed E-state index contributed by atoms with van der Waals surface area (Å²) < 4.78 is 0. The van der Waals surface area contributed by atoms with Gasteiger partial charge in [0.2, 0.25) is 5.91 Å². The van der Waals surface area contributed by atoms with Gasteiger partial charge in [-0.2, -0.15) is 0 Å². The number of fused-ring (bicyclic) bond motifs is 3. The molecule has 27 heavy (non-hydrogen) atoms. The van der Waals surface area contributed by atoms with Gasteiger partial charge >= 0.3 is 0 Å². The molecule has 4 fully saturated rings. The van der Waals surface area contributed by atoms with Crippen molar-refractivity contribution in [2.75, 3.05) is 6.54 Å². The van der Waals surface area contributed by atoms with Gasteiger partial charge in [-0.1, -0.05) is 29.6 Å². The van der Waals surface area contributed by atoms with Crippen LogP contribution in [0.5, 0.6) is 5.75 Å². The fourth-order valence-corrected chi connectivity index (χ4v) is 5.14. The Morgan fingerprint density at radius 3 is 2.59 bits per heavy atom. The second kappa shape index (κ2) is 7.51. The minimum absolute atomic E-state index is 0.00107. The fraction of sp³-hybridized carbons (Fsp3) is 0.600. The van der Waals surface area contributed by atoms with Crippen LogP contribution in [0, 0.1) is 11.8 Å². The van der Waals surface area contributed by atoms with Crippen molar-refractivity contribution in [1.82, 2.24) is 10.2 Å². The molecule has 5 nitrogen and oxygen atoms in total. The van der Waals surface area contributed by atoms with E-state index < -0.39 is 0 Å². The highest BCUT2D eigenvalue weighted by atomic mass is 35.5. The molecule has 7 heteroatoms. The Hall–Kier alpha value is -1.46. The highest BCUT2D eigenvalue weighted by Crippen LogP contribution is 2.38. The van der Waals surface area contributed by atoms with Gasteiger partial charge in [0.25, 0.3) is 5.91 Å². The van der Waals surface area contributed by atoms with Crippen molar-refractivity contribution in [3.05, 3.63) is 27.7 Å². The van der Waals surface area contributed by atoms with E-state index in [9.17, 15) is 14.7 Å². The van der Waals surface area contributed by atoms with Gasteiger partial charge in [-0.3, -0.25) is 9.59 Å². The first-order valence-corrected chi connectivity index (χ1v) is 10.5. The number of benzene rings is 1. The third kappa shape index (κ3) is 3.77. The second-order valence-electron chi connectivity index (χ2n) is 8.14. The lowest BCUT2D eigenvalue weighted by Crippen LogP contribution is -2.60. The number of aromatic hydroxyl groups is 1. The largest absolute Gasteiger partial charge is 0.506 e. The molecular formula is C20H24Cl2N2O3. The molecule has 2 heterocycles. The number of rotatable bonds is 4. The van der Waals surface area contributed by atoms with Crippen molar-refractivity contribution >= 4 is 35.0 Å². The average Bonchev–Trinajstić information content (AvgIpc) is 2.61. The summed E-state index contributed by atoms with van der Waals surface area (Å²) in [6.45, 7) is 0.712. The number of nitrogens with one attached hydrogen (secondary N) is 1. The highest BCUT2D eigenvalue weighted by Gasteiger charge is 2.43. The van der Waals surface area contributed by atoms with Crippen molar-refractivity contribution in [3.63, 3.8) is 0 Å². The Balaban J connectivity index is 1.40. The maximum Gasteiger partial charge on any atom is 0.255 e. The summed E-state index contributed by atoms with van der Waals surface area (Å²) in [5.41, 5.74) is 0.0897. The van der Waals surface area contributed by atoms with Crippen molar-refractivity contribution in [1.29, 1.82) is 0 Å². The van der Waals surface area contributed by atoms with E-state index in [0.29, 0.717) is 23.9 Å². The Bertz CT molecular complexity index is 766. The van der Waals surface area contributed by atoms with Gasteiger partial charge < -0.3 is 15.3 Å². The van der Waals surface area contributed by atoms with Crippen molar-refractivity contribution in [2.24, 2.45) is 11.8 Å². The van der Waals surface area contributed by atoms with E-state index in [1.165, 1.54) is 31.4 Å². The van der Waals surface area contributed by atoms with Gasteiger partial charge in [0.05, 0.1) is 10.6 Å². The van der Waals surface area contributed by atoms with E-state index in [2.05, 4.69) is 5.32 Å². The molecule has 1 aromatic carbocycles. The zero-order chi connectivity index (χ0) is 19.1. The first kappa shape index (κ1) is 18.9. The summed E-state index contributed by atoms with van der Waals surface area (Å²) in [6.07, 6.45) is 7.05. The summed E-state index contributed by atoms with van der Waals surface area (Å²) in [6, 6.07) is 3.03. The quantitative estimate of drug-likeness (QED) is 0.787. The lowest BCUT2D eigenvalue weighted by atomic mass is 9.75. The molecule has 1 aromatic rings. The van der Waals surface area contributed by atoms with Crippen LogP contribution in [0.15, 0.2) is 12.1 Å². The summed E-state index contributed by atoms with van der Waals surface area (Å²) in [7, 11) is 0. The Morgan fingerprint density at radius 1 is 1.19 bits per heavy atom. The summed E-state index contributed by atoms with van der Waals surface area (Å²) >= 11 is 11.9. The number of piperidine rings is 2. The van der Waals surface area contributed by atoms with Gasteiger partial charge in [0, 0.05) is 30.1 Å². The molecule has 2 bridgehead atoms. The molecule has 0 unspecified atom stereocenters. The van der Waals surface area contributed by atoms with Crippen LogP contribution in [-0.2, 0) is 4.79 Å². The molecule has 146 valence electrons. The Labute approximate surface area is 169 Å². The number of carbonyl (C=O) groups excluding carboxylic acids is 2. The molecular weight excluding hydrogens is 387 g/mol. The van der Waals surface area contributed by atoms with Crippen LogP contribution in [0.2, 0.25) is 10.0 Å². The topological polar surface area (TPSA) is 69.6 Å². The SMILES string of the molecule is O=C(N[C@H]1C[C@H]2CC[C@@H]1CN2C(=O)CC1CCC1)c1cc(Cl)cc(Cl)c1O. The van der Waals surface area contributed by atoms with Crippen molar-refractivity contribution in [2.45, 2.75) is 57.0 Å². The number of hydrogen-bond acceptors (Lipinski definition) is 3. The van der Waals surface area contributed by atoms with Crippen LogP contribution in [-0.4, -0.2) is 40.4 Å². The normalized spacial score (nSPS) is 27.3. The zero-order valence-electron chi connectivity index (χ0n) is 15.1. The van der Waals surface area contributed by atoms with Crippen LogP contribution < -0.4 is 5.32 Å². The smallest absolute Gasteiger partial charge is 0.255 e. The number of hydrogen-bond donors (Lipinski definition) is 2. The van der Waals surface area contributed by atoms with Gasteiger partial charge in [0.1, 0.15) is 5.75 Å². The zero-order valence-corrected chi connectivity index (χ0v) is 16.6. The minimum atomic E-state index is -0.373. The van der Waals surface area contributed by atoms with Gasteiger partial charge in [0.15, 0.2) is 0 Å². The van der Waals surface area contributed by atoms with Crippen molar-refractivity contribution in [3.8, 4) is 5.75 Å². The molecule has 2 N–H and O–H groups in total. The third-order valence-electron chi connectivity index (χ3n) is 6.44. The molecule has 2 aliphatic carbocycles. The van der Waals surface area contributed by atoms with Gasteiger partial charge in [-0.25, -0.2) is 0 Å². The number of amides is 2. The van der Waals surface area contributed by atoms with Crippen LogP contribution in [0.1, 0.15) is 55.3 Å². The fourth-order valence-electron chi connectivity index (χ4n) is 4.64. The van der Waals surface area contributed by atoms with Crippen LogP contribution in [0.3, 0.4) is 0 Å². The lowest BCUT2D eigenvalue weighted by Gasteiger charge is -2.50. The van der Waals surface area contributed by atoms with E-state index >= 15 is 0 Å². The molecule has 2 saturated carbocycles. The first-order chi connectivity index (χ1) is 12.9. The first-order valence-electron chi connectivity index (χ1n) is 9.70. The number of halogens is 2. The number of phenols is 1. The van der Waals surface area contributed by atoms with E-state index in [4.69, 9.17) is 23.2 Å². The molecule has 0 aromatic heterocycles. The van der Waals surface area contributed by atoms with E-state index in [1.54, 1.807) is 0 Å². The Kier molecular flexibility index (Phi) is 5.26.